The lowest BCUT2D eigenvalue weighted by Crippen LogP contribution is -2.33. The number of likely N-dealkylation sites (N-methyl/N-ethyl adjacent to an activating group) is 2. The molecule has 0 fully saturated rings. The number of carbonyl (C=O) groups is 1. The summed E-state index contributed by atoms with van der Waals surface area (Å²) in [6.45, 7) is 0.0286. The summed E-state index contributed by atoms with van der Waals surface area (Å²) in [5.74, 6) is -0.232. The van der Waals surface area contributed by atoms with E-state index in [1.54, 1.807) is 19.2 Å². The van der Waals surface area contributed by atoms with Crippen molar-refractivity contribution in [3.05, 3.63) is 28.3 Å². The van der Waals surface area contributed by atoms with Crippen molar-refractivity contribution in [3.63, 3.8) is 0 Å². The van der Waals surface area contributed by atoms with Gasteiger partial charge in [0.1, 0.15) is 11.4 Å². The number of carbonyl (C=O) groups excluding carboxylic acids is 1. The number of anilines is 2. The van der Waals surface area contributed by atoms with Gasteiger partial charge in [-0.1, -0.05) is 6.07 Å². The number of nitro groups is 1. The first kappa shape index (κ1) is 12.8. The average Bonchev–Trinajstić information content (AvgIpc) is 2.27. The van der Waals surface area contributed by atoms with Gasteiger partial charge in [0.15, 0.2) is 0 Å². The summed E-state index contributed by atoms with van der Waals surface area (Å²) in [6, 6.07) is 4.62. The number of para-hydroxylation sites is 1. The van der Waals surface area contributed by atoms with E-state index >= 15 is 0 Å². The van der Waals surface area contributed by atoms with E-state index in [9.17, 15) is 14.9 Å². The van der Waals surface area contributed by atoms with Crippen LogP contribution in [0, 0.1) is 10.1 Å². The number of nitrogen functional groups attached to an aromatic ring is 1. The van der Waals surface area contributed by atoms with Gasteiger partial charge in [0, 0.05) is 14.1 Å². The Labute approximate surface area is 98.4 Å². The number of benzene rings is 1. The van der Waals surface area contributed by atoms with Gasteiger partial charge in [0.05, 0.1) is 11.5 Å². The molecule has 0 aromatic heterocycles. The standard InChI is InChI=1S/C10H14N4O3/c1-12-9(15)6-13(2)8-5-3-4-7(11)10(8)14(16)17/h3-5H,6,11H2,1-2H3,(H,12,15). The third-order valence-electron chi connectivity index (χ3n) is 2.30. The van der Waals surface area contributed by atoms with Gasteiger partial charge in [-0.05, 0) is 12.1 Å². The summed E-state index contributed by atoms with van der Waals surface area (Å²) in [5, 5.41) is 13.3. The minimum absolute atomic E-state index is 0.0286. The number of rotatable bonds is 4. The van der Waals surface area contributed by atoms with Gasteiger partial charge in [-0.3, -0.25) is 14.9 Å². The van der Waals surface area contributed by atoms with Crippen molar-refractivity contribution in [1.82, 2.24) is 5.32 Å². The van der Waals surface area contributed by atoms with Crippen LogP contribution in [0.3, 0.4) is 0 Å². The zero-order valence-corrected chi connectivity index (χ0v) is 9.64. The molecule has 1 aromatic carbocycles. The van der Waals surface area contributed by atoms with Crippen molar-refractivity contribution in [1.29, 1.82) is 0 Å². The monoisotopic (exact) mass is 238 g/mol. The molecular formula is C10H14N4O3. The maximum Gasteiger partial charge on any atom is 0.315 e. The minimum atomic E-state index is -0.551. The van der Waals surface area contributed by atoms with E-state index in [0.29, 0.717) is 5.69 Å². The number of hydrogen-bond acceptors (Lipinski definition) is 5. The van der Waals surface area contributed by atoms with Crippen molar-refractivity contribution in [2.24, 2.45) is 0 Å². The summed E-state index contributed by atoms with van der Waals surface area (Å²) in [7, 11) is 3.10. The predicted molar refractivity (Wildman–Crippen MR) is 64.8 cm³/mol. The molecule has 1 aromatic rings. The largest absolute Gasteiger partial charge is 0.393 e. The Bertz CT molecular complexity index is 447. The van der Waals surface area contributed by atoms with Crippen molar-refractivity contribution in [2.75, 3.05) is 31.3 Å². The Kier molecular flexibility index (Phi) is 3.86. The molecule has 7 nitrogen and oxygen atoms in total. The normalized spacial score (nSPS) is 9.76. The Morgan fingerprint density at radius 1 is 1.59 bits per heavy atom. The topological polar surface area (TPSA) is 102 Å². The van der Waals surface area contributed by atoms with E-state index in [1.165, 1.54) is 18.0 Å². The second-order valence-corrected chi connectivity index (χ2v) is 3.50. The van der Waals surface area contributed by atoms with Gasteiger partial charge >= 0.3 is 5.69 Å². The van der Waals surface area contributed by atoms with Gasteiger partial charge in [0.25, 0.3) is 0 Å². The number of hydrogen-bond donors (Lipinski definition) is 2. The van der Waals surface area contributed by atoms with Crippen LogP contribution >= 0.6 is 0 Å². The minimum Gasteiger partial charge on any atom is -0.393 e. The number of nitro benzene ring substituents is 1. The lowest BCUT2D eigenvalue weighted by atomic mass is 10.2. The van der Waals surface area contributed by atoms with Crippen LogP contribution in [0.2, 0.25) is 0 Å². The molecule has 0 bridgehead atoms. The van der Waals surface area contributed by atoms with Crippen LogP contribution in [-0.4, -0.2) is 31.5 Å². The molecule has 0 saturated heterocycles. The van der Waals surface area contributed by atoms with Crippen LogP contribution in [-0.2, 0) is 4.79 Å². The quantitative estimate of drug-likeness (QED) is 0.448. The van der Waals surface area contributed by atoms with Crippen LogP contribution in [0.1, 0.15) is 0 Å². The van der Waals surface area contributed by atoms with Gasteiger partial charge in [0.2, 0.25) is 5.91 Å². The number of nitrogens with zero attached hydrogens (tertiary/aromatic N) is 2. The molecule has 1 amide bonds. The molecule has 3 N–H and O–H groups in total. The van der Waals surface area contributed by atoms with Crippen LogP contribution in [0.15, 0.2) is 18.2 Å². The predicted octanol–water partition coefficient (Wildman–Crippen LogP) is 0.359. The highest BCUT2D eigenvalue weighted by Gasteiger charge is 2.21. The molecule has 0 saturated carbocycles. The van der Waals surface area contributed by atoms with E-state index in [1.807, 2.05) is 0 Å². The molecule has 0 atom stereocenters. The molecule has 0 aliphatic heterocycles. The van der Waals surface area contributed by atoms with E-state index in [-0.39, 0.29) is 23.8 Å². The molecule has 7 heteroatoms. The fourth-order valence-electron chi connectivity index (χ4n) is 1.44. The number of nitrogens with two attached hydrogens (primary N) is 1. The Hall–Kier alpha value is -2.31. The van der Waals surface area contributed by atoms with Crippen LogP contribution in [0.5, 0.6) is 0 Å². The zero-order chi connectivity index (χ0) is 13.0. The van der Waals surface area contributed by atoms with E-state index in [4.69, 9.17) is 5.73 Å². The fourth-order valence-corrected chi connectivity index (χ4v) is 1.44. The molecule has 0 spiro atoms. The second-order valence-electron chi connectivity index (χ2n) is 3.50. The Balaban J connectivity index is 3.09. The molecule has 0 aliphatic carbocycles. The maximum absolute atomic E-state index is 11.2. The fraction of sp³-hybridized carbons (Fsp3) is 0.300. The number of nitrogens with one attached hydrogen (secondary N) is 1. The first-order valence-corrected chi connectivity index (χ1v) is 4.92. The molecule has 0 heterocycles. The third kappa shape index (κ3) is 2.83. The molecule has 1 rings (SSSR count). The highest BCUT2D eigenvalue weighted by atomic mass is 16.6. The second kappa shape index (κ2) is 5.15. The lowest BCUT2D eigenvalue weighted by Gasteiger charge is -2.18. The van der Waals surface area contributed by atoms with Crippen LogP contribution < -0.4 is 16.0 Å². The van der Waals surface area contributed by atoms with Crippen LogP contribution in [0.25, 0.3) is 0 Å². The number of amides is 1. The lowest BCUT2D eigenvalue weighted by molar-refractivity contribution is -0.383. The first-order valence-electron chi connectivity index (χ1n) is 4.92. The molecule has 0 aliphatic rings. The zero-order valence-electron chi connectivity index (χ0n) is 9.64. The van der Waals surface area contributed by atoms with Crippen molar-refractivity contribution >= 4 is 23.0 Å². The highest BCUT2D eigenvalue weighted by molar-refractivity contribution is 5.83. The van der Waals surface area contributed by atoms with E-state index < -0.39 is 4.92 Å². The Morgan fingerprint density at radius 3 is 2.76 bits per heavy atom. The SMILES string of the molecule is CNC(=O)CN(C)c1cccc(N)c1[N+](=O)[O-]. The van der Waals surface area contributed by atoms with Crippen molar-refractivity contribution in [3.8, 4) is 0 Å². The summed E-state index contributed by atoms with van der Waals surface area (Å²) in [5.41, 5.74) is 5.77. The summed E-state index contributed by atoms with van der Waals surface area (Å²) < 4.78 is 0. The smallest absolute Gasteiger partial charge is 0.315 e. The molecule has 17 heavy (non-hydrogen) atoms. The highest BCUT2D eigenvalue weighted by Crippen LogP contribution is 2.32. The van der Waals surface area contributed by atoms with Crippen LogP contribution in [0.4, 0.5) is 17.1 Å². The summed E-state index contributed by atoms with van der Waals surface area (Å²) in [6.07, 6.45) is 0. The Morgan fingerprint density at radius 2 is 2.24 bits per heavy atom. The van der Waals surface area contributed by atoms with Gasteiger partial charge in [-0.15, -0.1) is 0 Å². The van der Waals surface area contributed by atoms with Gasteiger partial charge in [-0.2, -0.15) is 0 Å². The first-order chi connectivity index (χ1) is 7.97. The van der Waals surface area contributed by atoms with E-state index in [2.05, 4.69) is 5.32 Å². The average molecular weight is 238 g/mol. The molecule has 92 valence electrons. The van der Waals surface area contributed by atoms with E-state index in [0.717, 1.165) is 0 Å². The molecular weight excluding hydrogens is 224 g/mol. The molecule has 0 radical (unpaired) electrons. The van der Waals surface area contributed by atoms with Crippen molar-refractivity contribution in [2.45, 2.75) is 0 Å². The van der Waals surface area contributed by atoms with Gasteiger partial charge < -0.3 is 16.0 Å². The molecule has 0 unspecified atom stereocenters. The third-order valence-corrected chi connectivity index (χ3v) is 2.30. The maximum atomic E-state index is 11.2. The summed E-state index contributed by atoms with van der Waals surface area (Å²) in [4.78, 5) is 23.0. The van der Waals surface area contributed by atoms with Gasteiger partial charge in [-0.25, -0.2) is 0 Å². The van der Waals surface area contributed by atoms with Crippen molar-refractivity contribution < 1.29 is 9.72 Å². The summed E-state index contributed by atoms with van der Waals surface area (Å²) >= 11 is 0.